The maximum Gasteiger partial charge on any atom is 0.244 e. The van der Waals surface area contributed by atoms with E-state index in [1.54, 1.807) is 0 Å². The molecule has 0 bridgehead atoms. The van der Waals surface area contributed by atoms with E-state index in [1.807, 2.05) is 25.2 Å². The molecule has 2 aliphatic rings. The number of fused-ring (bicyclic) bond motifs is 1. The molecule has 0 spiro atoms. The zero-order valence-electron chi connectivity index (χ0n) is 13.3. The Kier molecular flexibility index (Phi) is 6.99. The summed E-state index contributed by atoms with van der Waals surface area (Å²) in [5, 5.41) is 2.98. The van der Waals surface area contributed by atoms with Crippen molar-refractivity contribution in [3.63, 3.8) is 0 Å². The highest BCUT2D eigenvalue weighted by Crippen LogP contribution is 2.34. The van der Waals surface area contributed by atoms with E-state index in [9.17, 15) is 4.79 Å². The summed E-state index contributed by atoms with van der Waals surface area (Å²) < 4.78 is 5.61. The second kappa shape index (κ2) is 8.08. The first-order valence-electron chi connectivity index (χ1n) is 7.67. The summed E-state index contributed by atoms with van der Waals surface area (Å²) in [4.78, 5) is 14.6. The molecule has 7 heteroatoms. The molecule has 3 N–H and O–H groups in total. The molecule has 1 saturated carbocycles. The molecule has 1 aliphatic carbocycles. The van der Waals surface area contributed by atoms with Gasteiger partial charge in [0.05, 0.1) is 17.8 Å². The SMILES string of the molecule is CN1CCOc2ccc(NC(=O)C3(N)CCCCC3)cc21.Cl.Cl. The molecule has 0 atom stereocenters. The van der Waals surface area contributed by atoms with Gasteiger partial charge in [0.1, 0.15) is 12.4 Å². The van der Waals surface area contributed by atoms with Crippen LogP contribution in [0.15, 0.2) is 18.2 Å². The van der Waals surface area contributed by atoms with Crippen molar-refractivity contribution in [3.8, 4) is 5.75 Å². The van der Waals surface area contributed by atoms with Crippen molar-refractivity contribution in [2.24, 2.45) is 5.73 Å². The Morgan fingerprint density at radius 2 is 1.96 bits per heavy atom. The molecule has 5 nitrogen and oxygen atoms in total. The number of ether oxygens (including phenoxy) is 1. The van der Waals surface area contributed by atoms with Crippen LogP contribution in [0.3, 0.4) is 0 Å². The molecule has 3 rings (SSSR count). The third-order valence-electron chi connectivity index (χ3n) is 4.51. The number of benzene rings is 1. The molecule has 0 radical (unpaired) electrons. The lowest BCUT2D eigenvalue weighted by atomic mass is 9.82. The van der Waals surface area contributed by atoms with Crippen molar-refractivity contribution in [3.05, 3.63) is 18.2 Å². The lowest BCUT2D eigenvalue weighted by Gasteiger charge is -2.32. The van der Waals surface area contributed by atoms with Crippen molar-refractivity contribution >= 4 is 42.1 Å². The molecule has 1 heterocycles. The van der Waals surface area contributed by atoms with Crippen LogP contribution in [0.4, 0.5) is 11.4 Å². The second-order valence-corrected chi connectivity index (χ2v) is 6.12. The lowest BCUT2D eigenvalue weighted by Crippen LogP contribution is -2.52. The highest BCUT2D eigenvalue weighted by molar-refractivity contribution is 5.98. The Morgan fingerprint density at radius 3 is 2.65 bits per heavy atom. The zero-order valence-corrected chi connectivity index (χ0v) is 15.0. The topological polar surface area (TPSA) is 67.6 Å². The molecule has 1 aromatic carbocycles. The predicted molar refractivity (Wildman–Crippen MR) is 98.3 cm³/mol. The highest BCUT2D eigenvalue weighted by atomic mass is 35.5. The Labute approximate surface area is 149 Å². The number of hydrogen-bond donors (Lipinski definition) is 2. The minimum Gasteiger partial charge on any atom is -0.490 e. The van der Waals surface area contributed by atoms with Crippen LogP contribution in [0, 0.1) is 0 Å². The molecule has 130 valence electrons. The van der Waals surface area contributed by atoms with Crippen LogP contribution in [0.5, 0.6) is 5.75 Å². The van der Waals surface area contributed by atoms with Gasteiger partial charge in [-0.1, -0.05) is 19.3 Å². The zero-order chi connectivity index (χ0) is 14.9. The van der Waals surface area contributed by atoms with Gasteiger partial charge in [0, 0.05) is 12.7 Å². The third kappa shape index (κ3) is 4.22. The minimum atomic E-state index is -0.712. The maximum atomic E-state index is 12.5. The Bertz CT molecular complexity index is 548. The number of anilines is 2. The van der Waals surface area contributed by atoms with Crippen LogP contribution >= 0.6 is 24.8 Å². The van der Waals surface area contributed by atoms with E-state index >= 15 is 0 Å². The molecule has 0 saturated heterocycles. The molecular formula is C16H25Cl2N3O2. The molecule has 23 heavy (non-hydrogen) atoms. The minimum absolute atomic E-state index is 0. The molecule has 1 fully saturated rings. The Balaban J connectivity index is 0.00000132. The standard InChI is InChI=1S/C16H23N3O2.2ClH/c1-19-9-10-21-14-6-5-12(11-13(14)19)18-15(20)16(17)7-3-2-4-8-16;;/h5-6,11H,2-4,7-10,17H2,1H3,(H,18,20);2*1H. The average molecular weight is 362 g/mol. The summed E-state index contributed by atoms with van der Waals surface area (Å²) in [5.74, 6) is 0.795. The molecule has 0 unspecified atom stereocenters. The quantitative estimate of drug-likeness (QED) is 0.849. The van der Waals surface area contributed by atoms with Gasteiger partial charge in [-0.2, -0.15) is 0 Å². The van der Waals surface area contributed by atoms with Gasteiger partial charge in [-0.25, -0.2) is 0 Å². The summed E-state index contributed by atoms with van der Waals surface area (Å²) in [7, 11) is 2.03. The number of halogens is 2. The fourth-order valence-electron chi connectivity index (χ4n) is 3.09. The number of amides is 1. The number of nitrogens with zero attached hydrogens (tertiary/aromatic N) is 1. The van der Waals surface area contributed by atoms with Crippen LogP contribution in [0.25, 0.3) is 0 Å². The average Bonchev–Trinajstić information content (AvgIpc) is 2.49. The van der Waals surface area contributed by atoms with Crippen molar-refractivity contribution < 1.29 is 9.53 Å². The smallest absolute Gasteiger partial charge is 0.244 e. The van der Waals surface area contributed by atoms with E-state index in [1.165, 1.54) is 6.42 Å². The van der Waals surface area contributed by atoms with Gasteiger partial charge in [0.15, 0.2) is 0 Å². The molecule has 0 aromatic heterocycles. The van der Waals surface area contributed by atoms with Gasteiger partial charge in [0.25, 0.3) is 0 Å². The highest BCUT2D eigenvalue weighted by Gasteiger charge is 2.35. The largest absolute Gasteiger partial charge is 0.490 e. The van der Waals surface area contributed by atoms with Crippen LogP contribution in [-0.4, -0.2) is 31.6 Å². The first-order chi connectivity index (χ1) is 10.1. The number of nitrogens with two attached hydrogens (primary N) is 1. The summed E-state index contributed by atoms with van der Waals surface area (Å²) in [6.07, 6.45) is 4.78. The van der Waals surface area contributed by atoms with Gasteiger partial charge in [0.2, 0.25) is 5.91 Å². The Hall–Kier alpha value is -1.17. The number of carbonyl (C=O) groups is 1. The van der Waals surface area contributed by atoms with Crippen LogP contribution in [-0.2, 0) is 4.79 Å². The fraction of sp³-hybridized carbons (Fsp3) is 0.562. The maximum absolute atomic E-state index is 12.5. The van der Waals surface area contributed by atoms with E-state index < -0.39 is 5.54 Å². The molecule has 1 aliphatic heterocycles. The third-order valence-corrected chi connectivity index (χ3v) is 4.51. The van der Waals surface area contributed by atoms with Gasteiger partial charge < -0.3 is 20.7 Å². The number of likely N-dealkylation sites (N-methyl/N-ethyl adjacent to an activating group) is 1. The summed E-state index contributed by atoms with van der Waals surface area (Å²) in [6, 6.07) is 5.74. The van der Waals surface area contributed by atoms with Crippen molar-refractivity contribution in [2.75, 3.05) is 30.4 Å². The van der Waals surface area contributed by atoms with Crippen molar-refractivity contribution in [1.82, 2.24) is 0 Å². The first kappa shape index (κ1) is 19.9. The second-order valence-electron chi connectivity index (χ2n) is 6.12. The predicted octanol–water partition coefficient (Wildman–Crippen LogP) is 2.96. The summed E-state index contributed by atoms with van der Waals surface area (Å²) >= 11 is 0. The summed E-state index contributed by atoms with van der Waals surface area (Å²) in [5.41, 5.74) is 7.35. The van der Waals surface area contributed by atoms with E-state index in [0.29, 0.717) is 6.61 Å². The normalized spacial score (nSPS) is 18.6. The van der Waals surface area contributed by atoms with E-state index in [0.717, 1.165) is 49.4 Å². The molecular weight excluding hydrogens is 337 g/mol. The van der Waals surface area contributed by atoms with Gasteiger partial charge >= 0.3 is 0 Å². The summed E-state index contributed by atoms with van der Waals surface area (Å²) in [6.45, 7) is 1.55. The lowest BCUT2D eigenvalue weighted by molar-refractivity contribution is -0.122. The molecule has 1 amide bonds. The van der Waals surface area contributed by atoms with Crippen molar-refractivity contribution in [2.45, 2.75) is 37.6 Å². The Morgan fingerprint density at radius 1 is 1.26 bits per heavy atom. The number of rotatable bonds is 2. The van der Waals surface area contributed by atoms with Crippen LogP contribution in [0.2, 0.25) is 0 Å². The molecule has 1 aromatic rings. The van der Waals surface area contributed by atoms with E-state index in [4.69, 9.17) is 10.5 Å². The van der Waals surface area contributed by atoms with Gasteiger partial charge in [-0.15, -0.1) is 24.8 Å². The number of hydrogen-bond acceptors (Lipinski definition) is 4. The van der Waals surface area contributed by atoms with Gasteiger partial charge in [-0.3, -0.25) is 4.79 Å². The van der Waals surface area contributed by atoms with E-state index in [2.05, 4.69) is 10.2 Å². The monoisotopic (exact) mass is 361 g/mol. The number of carbonyl (C=O) groups excluding carboxylic acids is 1. The van der Waals surface area contributed by atoms with E-state index in [-0.39, 0.29) is 30.7 Å². The van der Waals surface area contributed by atoms with Crippen LogP contribution < -0.4 is 20.7 Å². The first-order valence-corrected chi connectivity index (χ1v) is 7.67. The number of nitrogens with one attached hydrogen (secondary N) is 1. The van der Waals surface area contributed by atoms with Gasteiger partial charge in [-0.05, 0) is 31.0 Å². The van der Waals surface area contributed by atoms with Crippen LogP contribution in [0.1, 0.15) is 32.1 Å². The fourth-order valence-corrected chi connectivity index (χ4v) is 3.09. The van der Waals surface area contributed by atoms with Crippen molar-refractivity contribution in [1.29, 1.82) is 0 Å².